The van der Waals surface area contributed by atoms with Gasteiger partial charge in [-0.25, -0.2) is 14.2 Å². The van der Waals surface area contributed by atoms with Crippen LogP contribution >= 0.6 is 11.3 Å². The van der Waals surface area contributed by atoms with E-state index in [9.17, 15) is 9.18 Å². The Morgan fingerprint density at radius 3 is 2.88 bits per heavy atom. The third-order valence-electron chi connectivity index (χ3n) is 1.94. The van der Waals surface area contributed by atoms with Crippen LogP contribution in [-0.2, 0) is 0 Å². The van der Waals surface area contributed by atoms with E-state index in [2.05, 4.69) is 4.98 Å². The minimum atomic E-state index is -1.12. The van der Waals surface area contributed by atoms with Crippen molar-refractivity contribution in [2.75, 3.05) is 5.73 Å². The first-order valence-electron chi connectivity index (χ1n) is 4.33. The molecular weight excluding hydrogens is 231 g/mol. The van der Waals surface area contributed by atoms with Crippen LogP contribution in [0.3, 0.4) is 0 Å². The van der Waals surface area contributed by atoms with Crippen LogP contribution in [0, 0.1) is 5.82 Å². The second kappa shape index (κ2) is 3.90. The average Bonchev–Trinajstić information content (AvgIpc) is 2.60. The number of aromatic nitrogens is 1. The Hall–Kier alpha value is -1.95. The van der Waals surface area contributed by atoms with Gasteiger partial charge in [0.1, 0.15) is 10.7 Å². The molecule has 4 nitrogen and oxygen atoms in total. The number of aromatic carboxylic acids is 1. The lowest BCUT2D eigenvalue weighted by Gasteiger charge is -1.98. The fourth-order valence-corrected chi connectivity index (χ4v) is 2.01. The summed E-state index contributed by atoms with van der Waals surface area (Å²) in [6.45, 7) is 0. The Morgan fingerprint density at radius 1 is 1.50 bits per heavy atom. The van der Waals surface area contributed by atoms with Gasteiger partial charge in [0.05, 0.1) is 5.69 Å². The lowest BCUT2D eigenvalue weighted by Crippen LogP contribution is -1.95. The number of nitrogens with zero attached hydrogens (tertiary/aromatic N) is 1. The van der Waals surface area contributed by atoms with Crippen LogP contribution in [0.1, 0.15) is 9.67 Å². The molecular formula is C10H7FN2O2S. The molecule has 0 bridgehead atoms. The molecule has 2 aromatic rings. The van der Waals surface area contributed by atoms with Gasteiger partial charge >= 0.3 is 5.97 Å². The molecule has 0 atom stereocenters. The lowest BCUT2D eigenvalue weighted by atomic mass is 10.1. The summed E-state index contributed by atoms with van der Waals surface area (Å²) in [5.41, 5.74) is 6.05. The summed E-state index contributed by atoms with van der Waals surface area (Å²) in [4.78, 5) is 14.8. The summed E-state index contributed by atoms with van der Waals surface area (Å²) in [5, 5.41) is 9.08. The monoisotopic (exact) mass is 238 g/mol. The number of nitrogen functional groups attached to an aromatic ring is 1. The molecule has 0 aliphatic heterocycles. The highest BCUT2D eigenvalue weighted by Crippen LogP contribution is 2.29. The number of hydrogen-bond acceptors (Lipinski definition) is 4. The maximum atomic E-state index is 13.0. The SMILES string of the molecule is Nc1nc(-c2cccc(F)c2)c(C(=O)O)s1. The third kappa shape index (κ3) is 1.87. The highest BCUT2D eigenvalue weighted by atomic mass is 32.1. The first-order chi connectivity index (χ1) is 7.58. The predicted octanol–water partition coefficient (Wildman–Crippen LogP) is 2.23. The second-order valence-corrected chi connectivity index (χ2v) is 4.08. The Balaban J connectivity index is 2.59. The van der Waals surface area contributed by atoms with E-state index in [1.54, 1.807) is 6.07 Å². The highest BCUT2D eigenvalue weighted by molar-refractivity contribution is 7.17. The van der Waals surface area contributed by atoms with E-state index >= 15 is 0 Å². The van der Waals surface area contributed by atoms with Crippen molar-refractivity contribution in [1.29, 1.82) is 0 Å². The molecule has 0 radical (unpaired) electrons. The minimum absolute atomic E-state index is 0.0168. The van der Waals surface area contributed by atoms with Gasteiger partial charge in [0.2, 0.25) is 0 Å². The number of nitrogens with two attached hydrogens (primary N) is 1. The van der Waals surface area contributed by atoms with E-state index < -0.39 is 11.8 Å². The van der Waals surface area contributed by atoms with Crippen molar-refractivity contribution in [3.8, 4) is 11.3 Å². The first-order valence-corrected chi connectivity index (χ1v) is 5.15. The molecule has 6 heteroatoms. The number of carboxylic acids is 1. The van der Waals surface area contributed by atoms with E-state index in [1.807, 2.05) is 0 Å². The van der Waals surface area contributed by atoms with Crippen molar-refractivity contribution in [3.05, 3.63) is 35.0 Å². The quantitative estimate of drug-likeness (QED) is 0.841. The molecule has 16 heavy (non-hydrogen) atoms. The molecule has 0 aliphatic rings. The fraction of sp³-hybridized carbons (Fsp3) is 0. The van der Waals surface area contributed by atoms with E-state index in [0.717, 1.165) is 11.3 Å². The lowest BCUT2D eigenvalue weighted by molar-refractivity contribution is 0.0702. The van der Waals surface area contributed by atoms with Crippen molar-refractivity contribution in [2.24, 2.45) is 0 Å². The molecule has 2 rings (SSSR count). The van der Waals surface area contributed by atoms with Crippen LogP contribution in [-0.4, -0.2) is 16.1 Å². The maximum Gasteiger partial charge on any atom is 0.348 e. The van der Waals surface area contributed by atoms with E-state index in [0.29, 0.717) is 5.56 Å². The van der Waals surface area contributed by atoms with Crippen molar-refractivity contribution in [3.63, 3.8) is 0 Å². The van der Waals surface area contributed by atoms with Crippen LogP contribution in [0.15, 0.2) is 24.3 Å². The van der Waals surface area contributed by atoms with Gasteiger partial charge in [-0.15, -0.1) is 0 Å². The Morgan fingerprint density at radius 2 is 2.25 bits per heavy atom. The van der Waals surface area contributed by atoms with Gasteiger partial charge in [-0.1, -0.05) is 23.5 Å². The van der Waals surface area contributed by atoms with Crippen LogP contribution < -0.4 is 5.73 Å². The van der Waals surface area contributed by atoms with E-state index in [1.165, 1.54) is 18.2 Å². The van der Waals surface area contributed by atoms with Gasteiger partial charge in [-0.2, -0.15) is 0 Å². The molecule has 1 aromatic carbocycles. The normalized spacial score (nSPS) is 10.3. The molecule has 0 saturated carbocycles. The van der Waals surface area contributed by atoms with Gasteiger partial charge in [-0.05, 0) is 12.1 Å². The highest BCUT2D eigenvalue weighted by Gasteiger charge is 2.17. The molecule has 1 heterocycles. The van der Waals surface area contributed by atoms with Crippen molar-refractivity contribution < 1.29 is 14.3 Å². The molecule has 3 N–H and O–H groups in total. The van der Waals surface area contributed by atoms with Crippen molar-refractivity contribution in [1.82, 2.24) is 4.98 Å². The van der Waals surface area contributed by atoms with E-state index in [-0.39, 0.29) is 15.7 Å². The van der Waals surface area contributed by atoms with Gasteiger partial charge < -0.3 is 10.8 Å². The van der Waals surface area contributed by atoms with Gasteiger partial charge in [0.15, 0.2) is 5.13 Å². The molecule has 0 saturated heterocycles. The number of benzene rings is 1. The summed E-state index contributed by atoms with van der Waals surface area (Å²) in [7, 11) is 0. The minimum Gasteiger partial charge on any atom is -0.477 e. The summed E-state index contributed by atoms with van der Waals surface area (Å²) in [5.74, 6) is -1.56. The zero-order valence-electron chi connectivity index (χ0n) is 7.98. The zero-order valence-corrected chi connectivity index (χ0v) is 8.79. The number of carboxylic acid groups (broad SMARTS) is 1. The number of anilines is 1. The van der Waals surface area contributed by atoms with Crippen LogP contribution in [0.5, 0.6) is 0 Å². The summed E-state index contributed by atoms with van der Waals surface area (Å²) >= 11 is 0.868. The van der Waals surface area contributed by atoms with Crippen LogP contribution in [0.4, 0.5) is 9.52 Å². The molecule has 82 valence electrons. The predicted molar refractivity (Wildman–Crippen MR) is 58.9 cm³/mol. The molecule has 0 fully saturated rings. The first kappa shape index (κ1) is 10.6. The number of rotatable bonds is 2. The molecule has 0 unspecified atom stereocenters. The topological polar surface area (TPSA) is 76.2 Å². The van der Waals surface area contributed by atoms with Gasteiger partial charge in [0, 0.05) is 5.56 Å². The summed E-state index contributed by atoms with van der Waals surface area (Å²) in [6, 6.07) is 5.58. The largest absolute Gasteiger partial charge is 0.477 e. The summed E-state index contributed by atoms with van der Waals surface area (Å²) < 4.78 is 13.0. The summed E-state index contributed by atoms with van der Waals surface area (Å²) in [6.07, 6.45) is 0. The number of carbonyl (C=O) groups is 1. The molecule has 0 amide bonds. The zero-order chi connectivity index (χ0) is 11.7. The smallest absolute Gasteiger partial charge is 0.348 e. The Kier molecular flexibility index (Phi) is 2.57. The molecule has 0 aliphatic carbocycles. The standard InChI is InChI=1S/C10H7FN2O2S/c11-6-3-1-2-5(4-6)7-8(9(14)15)16-10(12)13-7/h1-4H,(H2,12,13)(H,14,15). The number of halogens is 1. The van der Waals surface area contributed by atoms with Crippen molar-refractivity contribution in [2.45, 2.75) is 0 Å². The maximum absolute atomic E-state index is 13.0. The second-order valence-electron chi connectivity index (χ2n) is 3.05. The van der Waals surface area contributed by atoms with Crippen LogP contribution in [0.25, 0.3) is 11.3 Å². The van der Waals surface area contributed by atoms with Gasteiger partial charge in [-0.3, -0.25) is 0 Å². The third-order valence-corrected chi connectivity index (χ3v) is 2.81. The number of hydrogen-bond donors (Lipinski definition) is 2. The fourth-order valence-electron chi connectivity index (χ4n) is 1.31. The van der Waals surface area contributed by atoms with Crippen molar-refractivity contribution >= 4 is 22.4 Å². The molecule has 1 aromatic heterocycles. The van der Waals surface area contributed by atoms with Gasteiger partial charge in [0.25, 0.3) is 0 Å². The Bertz CT molecular complexity index is 554. The average molecular weight is 238 g/mol. The van der Waals surface area contributed by atoms with Crippen LogP contribution in [0.2, 0.25) is 0 Å². The Labute approximate surface area is 94.2 Å². The number of thiazole rings is 1. The molecule has 0 spiro atoms. The van der Waals surface area contributed by atoms with E-state index in [4.69, 9.17) is 10.8 Å².